The molecule has 0 atom stereocenters. The first kappa shape index (κ1) is 11.5. The molecule has 0 fully saturated rings. The van der Waals surface area contributed by atoms with Crippen molar-refractivity contribution in [3.05, 3.63) is 29.8 Å². The Bertz CT molecular complexity index is 299. The summed E-state index contributed by atoms with van der Waals surface area (Å²) in [5.41, 5.74) is 0.794. The van der Waals surface area contributed by atoms with Crippen LogP contribution >= 0.6 is 0 Å². The second kappa shape index (κ2) is 6.00. The zero-order chi connectivity index (χ0) is 10.4. The van der Waals surface area contributed by atoms with Crippen molar-refractivity contribution in [2.24, 2.45) is 0 Å². The van der Waals surface area contributed by atoms with E-state index in [0.717, 1.165) is 18.4 Å². The van der Waals surface area contributed by atoms with E-state index in [9.17, 15) is 4.79 Å². The van der Waals surface area contributed by atoms with Crippen LogP contribution in [0, 0.1) is 0 Å². The van der Waals surface area contributed by atoms with Crippen LogP contribution in [-0.2, 0) is 0 Å². The van der Waals surface area contributed by atoms with Crippen molar-refractivity contribution in [3.63, 3.8) is 0 Å². The third kappa shape index (κ3) is 4.08. The van der Waals surface area contributed by atoms with Gasteiger partial charge in [-0.15, -0.1) is 0 Å². The third-order valence-electron chi connectivity index (χ3n) is 1.85. The minimum atomic E-state index is 0.213. The van der Waals surface area contributed by atoms with Crippen molar-refractivity contribution in [1.82, 2.24) is 4.90 Å². The molecule has 0 heterocycles. The molecule has 1 aromatic carbocycles. The molecule has 0 unspecified atom stereocenters. The van der Waals surface area contributed by atoms with Crippen molar-refractivity contribution < 1.29 is 4.79 Å². The molecule has 14 heavy (non-hydrogen) atoms. The molecule has 1 aromatic rings. The maximum atomic E-state index is 10.5. The second-order valence-corrected chi connectivity index (χ2v) is 6.08. The summed E-state index contributed by atoms with van der Waals surface area (Å²) in [6.07, 6.45) is 0.913. The van der Waals surface area contributed by atoms with Gasteiger partial charge in [0.05, 0.1) is 0 Å². The SMILES string of the molecule is CN(C)CC[As]c1cccc(C=O)c1. The standard InChI is InChI=1S/C11H15AsNO/c1-13(2)7-6-12-11-5-3-4-10(8-11)9-14/h3-5,8-9H,6-7H2,1-2H3. The number of nitrogens with zero attached hydrogens (tertiary/aromatic N) is 1. The topological polar surface area (TPSA) is 20.3 Å². The molecule has 0 amide bonds. The van der Waals surface area contributed by atoms with Crippen LogP contribution in [0.25, 0.3) is 0 Å². The monoisotopic (exact) mass is 252 g/mol. The predicted molar refractivity (Wildman–Crippen MR) is 60.6 cm³/mol. The first-order valence-corrected chi connectivity index (χ1v) is 6.86. The van der Waals surface area contributed by atoms with Crippen LogP contribution in [0.1, 0.15) is 10.4 Å². The average molecular weight is 252 g/mol. The summed E-state index contributed by atoms with van der Waals surface area (Å²) in [6, 6.07) is 7.93. The van der Waals surface area contributed by atoms with Crippen molar-refractivity contribution in [2.45, 2.75) is 5.21 Å². The van der Waals surface area contributed by atoms with Crippen LogP contribution in [0.2, 0.25) is 5.21 Å². The summed E-state index contributed by atoms with van der Waals surface area (Å²) >= 11 is 0.213. The Kier molecular flexibility index (Phi) is 4.92. The molecule has 75 valence electrons. The fourth-order valence-corrected chi connectivity index (χ4v) is 3.57. The third-order valence-corrected chi connectivity index (χ3v) is 4.09. The molecule has 0 bridgehead atoms. The molecule has 1 radical (unpaired) electrons. The summed E-state index contributed by atoms with van der Waals surface area (Å²) in [5, 5.41) is 1.23. The molecule has 0 aliphatic heterocycles. The van der Waals surface area contributed by atoms with Gasteiger partial charge in [0, 0.05) is 0 Å². The fraction of sp³-hybridized carbons (Fsp3) is 0.364. The summed E-state index contributed by atoms with van der Waals surface area (Å²) in [6.45, 7) is 1.13. The van der Waals surface area contributed by atoms with Gasteiger partial charge in [0.25, 0.3) is 0 Å². The maximum absolute atomic E-state index is 10.5. The van der Waals surface area contributed by atoms with Crippen LogP contribution in [0.4, 0.5) is 0 Å². The van der Waals surface area contributed by atoms with Gasteiger partial charge in [-0.3, -0.25) is 0 Å². The fourth-order valence-electron chi connectivity index (χ4n) is 1.08. The number of hydrogen-bond donors (Lipinski definition) is 0. The molecule has 0 saturated carbocycles. The summed E-state index contributed by atoms with van der Waals surface area (Å²) in [5.74, 6) is 0. The van der Waals surface area contributed by atoms with Crippen molar-refractivity contribution in [3.8, 4) is 0 Å². The van der Waals surface area contributed by atoms with Crippen molar-refractivity contribution >= 4 is 26.4 Å². The Hall–Kier alpha value is -0.592. The molecular weight excluding hydrogens is 237 g/mol. The van der Waals surface area contributed by atoms with Gasteiger partial charge >= 0.3 is 91.8 Å². The van der Waals surface area contributed by atoms with Crippen LogP contribution in [0.3, 0.4) is 0 Å². The van der Waals surface area contributed by atoms with E-state index in [1.165, 1.54) is 9.56 Å². The van der Waals surface area contributed by atoms with E-state index in [1.54, 1.807) is 0 Å². The molecule has 0 aromatic heterocycles. The average Bonchev–Trinajstić information content (AvgIpc) is 2.18. The molecule has 0 aliphatic rings. The molecule has 0 spiro atoms. The number of carbonyl (C=O) groups is 1. The van der Waals surface area contributed by atoms with Gasteiger partial charge in [-0.25, -0.2) is 0 Å². The Morgan fingerprint density at radius 3 is 2.86 bits per heavy atom. The zero-order valence-corrected chi connectivity index (χ0v) is 10.5. The van der Waals surface area contributed by atoms with E-state index in [2.05, 4.69) is 25.1 Å². The van der Waals surface area contributed by atoms with E-state index >= 15 is 0 Å². The van der Waals surface area contributed by atoms with E-state index in [0.29, 0.717) is 0 Å². The van der Waals surface area contributed by atoms with Crippen molar-refractivity contribution in [1.29, 1.82) is 0 Å². The molecule has 0 N–H and O–H groups in total. The van der Waals surface area contributed by atoms with Gasteiger partial charge in [0.2, 0.25) is 0 Å². The van der Waals surface area contributed by atoms with Gasteiger partial charge in [-0.2, -0.15) is 0 Å². The number of rotatable bonds is 5. The second-order valence-electron chi connectivity index (χ2n) is 3.40. The quantitative estimate of drug-likeness (QED) is 0.571. The van der Waals surface area contributed by atoms with Gasteiger partial charge in [0.15, 0.2) is 0 Å². The van der Waals surface area contributed by atoms with Gasteiger partial charge in [-0.1, -0.05) is 0 Å². The Morgan fingerprint density at radius 1 is 1.43 bits per heavy atom. The molecule has 0 aliphatic carbocycles. The van der Waals surface area contributed by atoms with E-state index in [1.807, 2.05) is 18.2 Å². The van der Waals surface area contributed by atoms with Gasteiger partial charge in [-0.05, 0) is 0 Å². The number of hydrogen-bond acceptors (Lipinski definition) is 2. The van der Waals surface area contributed by atoms with E-state index < -0.39 is 0 Å². The van der Waals surface area contributed by atoms with Gasteiger partial charge < -0.3 is 0 Å². The van der Waals surface area contributed by atoms with E-state index in [-0.39, 0.29) is 15.8 Å². The first-order valence-electron chi connectivity index (χ1n) is 4.60. The van der Waals surface area contributed by atoms with Gasteiger partial charge in [0.1, 0.15) is 0 Å². The summed E-state index contributed by atoms with van der Waals surface area (Å²) in [7, 11) is 4.17. The first-order chi connectivity index (χ1) is 6.72. The number of benzene rings is 1. The normalized spacial score (nSPS) is 11.4. The zero-order valence-electron chi connectivity index (χ0n) is 8.60. The Balaban J connectivity index is 2.46. The Morgan fingerprint density at radius 2 is 2.21 bits per heavy atom. The van der Waals surface area contributed by atoms with Crippen LogP contribution in [0.15, 0.2) is 24.3 Å². The number of carbonyl (C=O) groups excluding carboxylic acids is 1. The number of aldehydes is 1. The minimum absolute atomic E-state index is 0.213. The molecular formula is C11H15AsNO. The van der Waals surface area contributed by atoms with Crippen LogP contribution in [-0.4, -0.2) is 47.6 Å². The van der Waals surface area contributed by atoms with Crippen molar-refractivity contribution in [2.75, 3.05) is 20.6 Å². The van der Waals surface area contributed by atoms with Crippen LogP contribution in [0.5, 0.6) is 0 Å². The summed E-state index contributed by atoms with van der Waals surface area (Å²) in [4.78, 5) is 12.7. The molecule has 3 heteroatoms. The van der Waals surface area contributed by atoms with Crippen LogP contribution < -0.4 is 4.35 Å². The molecule has 1 rings (SSSR count). The predicted octanol–water partition coefficient (Wildman–Crippen LogP) is 0.808. The molecule has 0 saturated heterocycles. The molecule has 2 nitrogen and oxygen atoms in total. The summed E-state index contributed by atoms with van der Waals surface area (Å²) < 4.78 is 1.34. The Labute approximate surface area is 92.0 Å². The van der Waals surface area contributed by atoms with E-state index in [4.69, 9.17) is 0 Å².